The highest BCUT2D eigenvalue weighted by molar-refractivity contribution is 14.0. The van der Waals surface area contributed by atoms with E-state index in [1.54, 1.807) is 18.4 Å². The summed E-state index contributed by atoms with van der Waals surface area (Å²) in [4.78, 5) is 5.54. The molecule has 3 rings (SSSR count). The third-order valence-corrected chi connectivity index (χ3v) is 5.37. The molecule has 0 aliphatic carbocycles. The van der Waals surface area contributed by atoms with Crippen LogP contribution in [0, 0.1) is 0 Å². The molecule has 1 aromatic heterocycles. The molecule has 0 radical (unpaired) electrons. The van der Waals surface area contributed by atoms with Crippen LogP contribution in [0.25, 0.3) is 0 Å². The maximum Gasteiger partial charge on any atom is 0.191 e. The van der Waals surface area contributed by atoms with Crippen molar-refractivity contribution in [2.75, 3.05) is 20.2 Å². The SMILES string of the molecule is CN=C(NCCc1ccc2c(c1)CCO2)NCc1ccc(Br)s1.I. The molecule has 0 atom stereocenters. The first-order valence-electron chi connectivity index (χ1n) is 7.68. The number of hydrogen-bond donors (Lipinski definition) is 2. The Morgan fingerprint density at radius 1 is 1.29 bits per heavy atom. The Morgan fingerprint density at radius 2 is 2.17 bits per heavy atom. The number of thiophene rings is 1. The van der Waals surface area contributed by atoms with Crippen LogP contribution in [0.15, 0.2) is 39.1 Å². The predicted octanol–water partition coefficient (Wildman–Crippen LogP) is 3.97. The summed E-state index contributed by atoms with van der Waals surface area (Å²) in [5.74, 6) is 1.88. The second kappa shape index (κ2) is 9.62. The van der Waals surface area contributed by atoms with Crippen molar-refractivity contribution in [3.8, 4) is 5.75 Å². The summed E-state index contributed by atoms with van der Waals surface area (Å²) in [6.07, 6.45) is 1.99. The van der Waals surface area contributed by atoms with E-state index < -0.39 is 0 Å². The minimum Gasteiger partial charge on any atom is -0.493 e. The van der Waals surface area contributed by atoms with Gasteiger partial charge < -0.3 is 15.4 Å². The summed E-state index contributed by atoms with van der Waals surface area (Å²) in [7, 11) is 1.80. The van der Waals surface area contributed by atoms with Crippen LogP contribution in [0.5, 0.6) is 5.75 Å². The first kappa shape index (κ1) is 19.5. The third kappa shape index (κ3) is 5.35. The molecule has 2 heterocycles. The van der Waals surface area contributed by atoms with Crippen LogP contribution in [0.1, 0.15) is 16.0 Å². The van der Waals surface area contributed by atoms with E-state index in [0.29, 0.717) is 0 Å². The zero-order valence-corrected chi connectivity index (χ0v) is 18.2. The molecule has 0 saturated heterocycles. The van der Waals surface area contributed by atoms with Crippen molar-refractivity contribution in [3.63, 3.8) is 0 Å². The number of nitrogens with zero attached hydrogens (tertiary/aromatic N) is 1. The molecule has 130 valence electrons. The number of fused-ring (bicyclic) bond motifs is 1. The number of guanidine groups is 1. The molecule has 0 fully saturated rings. The molecule has 2 N–H and O–H groups in total. The molecule has 4 nitrogen and oxygen atoms in total. The Balaban J connectivity index is 0.00000208. The Bertz CT molecular complexity index is 705. The molecule has 7 heteroatoms. The van der Waals surface area contributed by atoms with Crippen LogP contribution >= 0.6 is 51.2 Å². The molecule has 0 spiro atoms. The van der Waals surface area contributed by atoms with Gasteiger partial charge in [0.2, 0.25) is 0 Å². The number of ether oxygens (including phenoxy) is 1. The fourth-order valence-electron chi connectivity index (χ4n) is 2.56. The van der Waals surface area contributed by atoms with E-state index in [4.69, 9.17) is 4.74 Å². The third-order valence-electron chi connectivity index (χ3n) is 3.74. The average Bonchev–Trinajstić information content (AvgIpc) is 3.18. The lowest BCUT2D eigenvalue weighted by Gasteiger charge is -2.11. The summed E-state index contributed by atoms with van der Waals surface area (Å²) >= 11 is 5.21. The number of rotatable bonds is 5. The van der Waals surface area contributed by atoms with Gasteiger partial charge in [-0.25, -0.2) is 0 Å². The van der Waals surface area contributed by atoms with Crippen molar-refractivity contribution in [1.29, 1.82) is 0 Å². The molecule has 1 aromatic carbocycles. The molecule has 0 bridgehead atoms. The van der Waals surface area contributed by atoms with E-state index in [0.717, 1.165) is 48.0 Å². The van der Waals surface area contributed by atoms with Gasteiger partial charge in [0.25, 0.3) is 0 Å². The first-order chi connectivity index (χ1) is 11.2. The van der Waals surface area contributed by atoms with Crippen LogP contribution in [0.2, 0.25) is 0 Å². The van der Waals surface area contributed by atoms with E-state index >= 15 is 0 Å². The molecule has 0 saturated carbocycles. The molecule has 2 aromatic rings. The van der Waals surface area contributed by atoms with Gasteiger partial charge in [-0.05, 0) is 51.7 Å². The van der Waals surface area contributed by atoms with E-state index in [1.165, 1.54) is 16.0 Å². The maximum atomic E-state index is 5.54. The van der Waals surface area contributed by atoms with E-state index in [2.05, 4.69) is 61.9 Å². The highest BCUT2D eigenvalue weighted by Crippen LogP contribution is 2.25. The predicted molar refractivity (Wildman–Crippen MR) is 115 cm³/mol. The quantitative estimate of drug-likeness (QED) is 0.355. The van der Waals surface area contributed by atoms with Crippen LogP contribution in [0.3, 0.4) is 0 Å². The van der Waals surface area contributed by atoms with Crippen molar-refractivity contribution in [2.24, 2.45) is 4.99 Å². The molecule has 1 aliphatic heterocycles. The van der Waals surface area contributed by atoms with Gasteiger partial charge in [0, 0.05) is 24.9 Å². The van der Waals surface area contributed by atoms with Crippen molar-refractivity contribution in [1.82, 2.24) is 10.6 Å². The Hall–Kier alpha value is -0.800. The fourth-order valence-corrected chi connectivity index (χ4v) is 3.98. The van der Waals surface area contributed by atoms with Crippen LogP contribution in [0.4, 0.5) is 0 Å². The molecular formula is C17H21BrIN3OS. The van der Waals surface area contributed by atoms with E-state index in [9.17, 15) is 0 Å². The van der Waals surface area contributed by atoms with Crippen LogP contribution < -0.4 is 15.4 Å². The zero-order chi connectivity index (χ0) is 16.1. The summed E-state index contributed by atoms with van der Waals surface area (Å²) in [5, 5.41) is 6.70. The number of benzene rings is 1. The highest BCUT2D eigenvalue weighted by Gasteiger charge is 2.11. The Kier molecular flexibility index (Phi) is 7.83. The van der Waals surface area contributed by atoms with Gasteiger partial charge in [0.15, 0.2) is 5.96 Å². The summed E-state index contributed by atoms with van der Waals surface area (Å²) in [6.45, 7) is 2.45. The average molecular weight is 522 g/mol. The van der Waals surface area contributed by atoms with E-state index in [-0.39, 0.29) is 24.0 Å². The Labute approximate surface area is 172 Å². The van der Waals surface area contributed by atoms with Gasteiger partial charge >= 0.3 is 0 Å². The van der Waals surface area contributed by atoms with Crippen LogP contribution in [-0.2, 0) is 19.4 Å². The largest absolute Gasteiger partial charge is 0.493 e. The van der Waals surface area contributed by atoms with Crippen molar-refractivity contribution in [3.05, 3.63) is 50.1 Å². The summed E-state index contributed by atoms with van der Waals surface area (Å²) in [5.41, 5.74) is 2.66. The summed E-state index contributed by atoms with van der Waals surface area (Å²) < 4.78 is 6.69. The van der Waals surface area contributed by atoms with Gasteiger partial charge in [-0.3, -0.25) is 4.99 Å². The van der Waals surface area contributed by atoms with Gasteiger partial charge in [0.05, 0.1) is 16.9 Å². The van der Waals surface area contributed by atoms with Crippen molar-refractivity contribution in [2.45, 2.75) is 19.4 Å². The number of aliphatic imine (C=N–C) groups is 1. The van der Waals surface area contributed by atoms with Gasteiger partial charge in [-0.1, -0.05) is 12.1 Å². The van der Waals surface area contributed by atoms with E-state index in [1.807, 2.05) is 0 Å². The lowest BCUT2D eigenvalue weighted by Crippen LogP contribution is -2.37. The number of halogens is 2. The van der Waals surface area contributed by atoms with Crippen molar-refractivity contribution >= 4 is 57.2 Å². The fraction of sp³-hybridized carbons (Fsp3) is 0.353. The maximum absolute atomic E-state index is 5.54. The second-order valence-corrected chi connectivity index (χ2v) is 7.90. The zero-order valence-electron chi connectivity index (χ0n) is 13.5. The standard InChI is InChI=1S/C17H20BrN3OS.HI/c1-19-17(21-11-14-3-5-16(18)23-14)20-8-6-12-2-4-15-13(10-12)7-9-22-15;/h2-5,10H,6-9,11H2,1H3,(H2,19,20,21);1H. The van der Waals surface area contributed by atoms with Gasteiger partial charge in [-0.2, -0.15) is 0 Å². The topological polar surface area (TPSA) is 45.7 Å². The highest BCUT2D eigenvalue weighted by atomic mass is 127. The van der Waals surface area contributed by atoms with Gasteiger partial charge in [-0.15, -0.1) is 35.3 Å². The van der Waals surface area contributed by atoms with Crippen LogP contribution in [-0.4, -0.2) is 26.2 Å². The molecule has 0 amide bonds. The molecular weight excluding hydrogens is 501 g/mol. The molecule has 24 heavy (non-hydrogen) atoms. The second-order valence-electron chi connectivity index (χ2n) is 5.35. The molecule has 0 unspecified atom stereocenters. The Morgan fingerprint density at radius 3 is 2.92 bits per heavy atom. The van der Waals surface area contributed by atoms with Gasteiger partial charge in [0.1, 0.15) is 5.75 Å². The minimum absolute atomic E-state index is 0. The minimum atomic E-state index is 0. The first-order valence-corrected chi connectivity index (χ1v) is 9.29. The lowest BCUT2D eigenvalue weighted by molar-refractivity contribution is 0.357. The normalized spacial score (nSPS) is 13.0. The lowest BCUT2D eigenvalue weighted by atomic mass is 10.1. The van der Waals surface area contributed by atoms with Crippen molar-refractivity contribution < 1.29 is 4.74 Å². The number of hydrogen-bond acceptors (Lipinski definition) is 3. The molecule has 1 aliphatic rings. The monoisotopic (exact) mass is 521 g/mol. The summed E-state index contributed by atoms with van der Waals surface area (Å²) in [6, 6.07) is 10.7. The number of nitrogens with one attached hydrogen (secondary N) is 2. The smallest absolute Gasteiger partial charge is 0.191 e.